The average Bonchev–Trinajstić information content (AvgIpc) is 1.69. The summed E-state index contributed by atoms with van der Waals surface area (Å²) in [5, 5.41) is 8.63. The monoisotopic (exact) mass is 176 g/mol. The first-order valence-electron chi connectivity index (χ1n) is 2.13. The molecule has 44 valence electrons. The fourth-order valence-electron chi connectivity index (χ4n) is 0.428. The van der Waals surface area contributed by atoms with Gasteiger partial charge < -0.3 is 5.11 Å². The Labute approximate surface area is 58.8 Å². The summed E-state index contributed by atoms with van der Waals surface area (Å²) < 4.78 is 0. The van der Waals surface area contributed by atoms with Crippen LogP contribution in [0.1, 0.15) is 0 Å². The van der Waals surface area contributed by atoms with Crippen molar-refractivity contribution in [2.75, 3.05) is 0 Å². The molecule has 0 fully saturated rings. The number of phenolic OH excluding ortho intramolecular Hbond substituents is 1. The molecular weight excluding hydrogens is 167 g/mol. The molecule has 0 heterocycles. The summed E-state index contributed by atoms with van der Waals surface area (Å²) in [6.07, 6.45) is 0. The normalized spacial score (nSPS) is 7.50. The molecule has 0 atom stereocenters. The fourth-order valence-corrected chi connectivity index (χ4v) is 0.428. The predicted octanol–water partition coefficient (Wildman–Crippen LogP) is 0.476. The minimum absolute atomic E-state index is 0. The molecule has 0 saturated heterocycles. The molecule has 0 aliphatic heterocycles. The molecule has 0 aliphatic carbocycles. The van der Waals surface area contributed by atoms with Crippen LogP contribution in [0, 0.1) is 0 Å². The van der Waals surface area contributed by atoms with E-state index in [9.17, 15) is 0 Å². The minimum atomic E-state index is 0. The van der Waals surface area contributed by atoms with E-state index >= 15 is 0 Å². The van der Waals surface area contributed by atoms with Gasteiger partial charge >= 0.3 is 17.1 Å². The van der Waals surface area contributed by atoms with Crippen LogP contribution in [0.2, 0.25) is 0 Å². The van der Waals surface area contributed by atoms with E-state index in [1.807, 2.05) is 6.07 Å². The van der Waals surface area contributed by atoms with Gasteiger partial charge in [-0.2, -0.15) is 0 Å². The van der Waals surface area contributed by atoms with Gasteiger partial charge in [-0.25, -0.2) is 0 Å². The molecule has 0 saturated carbocycles. The van der Waals surface area contributed by atoms with Crippen LogP contribution < -0.4 is 0 Å². The molecule has 0 aromatic heterocycles. The van der Waals surface area contributed by atoms with E-state index < -0.39 is 0 Å². The number of para-hydroxylation sites is 1. The van der Waals surface area contributed by atoms with E-state index in [1.165, 1.54) is 0 Å². The first kappa shape index (κ1) is 7.54. The van der Waals surface area contributed by atoms with Crippen molar-refractivity contribution < 1.29 is 5.11 Å². The Morgan fingerprint density at radius 1 is 1.00 bits per heavy atom. The third-order valence-corrected chi connectivity index (χ3v) is 0.756. The van der Waals surface area contributed by atoms with E-state index in [-0.39, 0.29) is 17.1 Å². The van der Waals surface area contributed by atoms with Crippen molar-refractivity contribution in [2.24, 2.45) is 0 Å². The summed E-state index contributed by atoms with van der Waals surface area (Å²) in [6.45, 7) is 0. The van der Waals surface area contributed by atoms with Gasteiger partial charge in [0.15, 0.2) is 0 Å². The molecule has 1 nitrogen and oxygen atoms in total. The second-order valence-electron chi connectivity index (χ2n) is 1.34. The summed E-state index contributed by atoms with van der Waals surface area (Å²) in [7, 11) is 0. The Balaban J connectivity index is 0.000000490. The number of hydrogen-bond donors (Lipinski definition) is 1. The van der Waals surface area contributed by atoms with Gasteiger partial charge in [0.05, 0.1) is 0 Å². The van der Waals surface area contributed by atoms with Crippen molar-refractivity contribution in [3.63, 3.8) is 0 Å². The Morgan fingerprint density at radius 2 is 1.50 bits per heavy atom. The second-order valence-corrected chi connectivity index (χ2v) is 1.34. The van der Waals surface area contributed by atoms with Crippen LogP contribution in [-0.2, 0) is 0 Å². The van der Waals surface area contributed by atoms with Crippen LogP contribution >= 0.6 is 0 Å². The summed E-state index contributed by atoms with van der Waals surface area (Å²) >= 11 is 0. The topological polar surface area (TPSA) is 20.2 Å². The average molecular weight is 175 g/mol. The first-order valence-corrected chi connectivity index (χ1v) is 2.13. The fraction of sp³-hybridized carbons (Fsp3) is 0. The van der Waals surface area contributed by atoms with Gasteiger partial charge in [-0.15, -0.1) is 0 Å². The SMILES string of the molecule is Oc1ccccc1.[SeH2]. The molecule has 0 spiro atoms. The molecule has 1 aromatic rings. The van der Waals surface area contributed by atoms with Crippen molar-refractivity contribution in [1.29, 1.82) is 0 Å². The summed E-state index contributed by atoms with van der Waals surface area (Å²) in [4.78, 5) is 0. The van der Waals surface area contributed by atoms with E-state index in [0.717, 1.165) is 0 Å². The van der Waals surface area contributed by atoms with Gasteiger partial charge in [-0.1, -0.05) is 18.2 Å². The first-order chi connectivity index (χ1) is 3.39. The van der Waals surface area contributed by atoms with Crippen molar-refractivity contribution in [3.8, 4) is 5.75 Å². The summed E-state index contributed by atoms with van der Waals surface area (Å²) in [6, 6.07) is 8.71. The molecule has 0 radical (unpaired) electrons. The molecule has 0 bridgehead atoms. The second kappa shape index (κ2) is 3.53. The quantitative estimate of drug-likeness (QED) is 0.568. The van der Waals surface area contributed by atoms with Gasteiger partial charge in [-0.05, 0) is 12.1 Å². The van der Waals surface area contributed by atoms with E-state index in [4.69, 9.17) is 5.11 Å². The van der Waals surface area contributed by atoms with E-state index in [2.05, 4.69) is 0 Å². The van der Waals surface area contributed by atoms with Crippen LogP contribution in [0.15, 0.2) is 30.3 Å². The molecule has 0 aliphatic rings. The van der Waals surface area contributed by atoms with Gasteiger partial charge in [0.25, 0.3) is 0 Å². The number of hydrogen-bond acceptors (Lipinski definition) is 1. The molecule has 2 heteroatoms. The molecular formula is C6H8OSe. The number of phenols is 1. The van der Waals surface area contributed by atoms with Crippen LogP contribution in [-0.4, -0.2) is 22.2 Å². The zero-order valence-electron chi connectivity index (χ0n) is 4.33. The van der Waals surface area contributed by atoms with E-state index in [1.54, 1.807) is 24.3 Å². The summed E-state index contributed by atoms with van der Waals surface area (Å²) in [5.74, 6) is 0.322. The molecule has 0 unspecified atom stereocenters. The van der Waals surface area contributed by atoms with Gasteiger partial charge in [-0.3, -0.25) is 0 Å². The molecule has 1 rings (SSSR count). The van der Waals surface area contributed by atoms with Crippen LogP contribution in [0.4, 0.5) is 0 Å². The van der Waals surface area contributed by atoms with Crippen molar-refractivity contribution in [3.05, 3.63) is 30.3 Å². The summed E-state index contributed by atoms with van der Waals surface area (Å²) in [5.41, 5.74) is 0. The van der Waals surface area contributed by atoms with E-state index in [0.29, 0.717) is 5.75 Å². The Morgan fingerprint density at radius 3 is 1.75 bits per heavy atom. The Bertz CT molecular complexity index is 138. The van der Waals surface area contributed by atoms with Crippen LogP contribution in [0.3, 0.4) is 0 Å². The zero-order chi connectivity index (χ0) is 5.11. The maximum absolute atomic E-state index is 8.63. The van der Waals surface area contributed by atoms with Crippen molar-refractivity contribution in [2.45, 2.75) is 0 Å². The van der Waals surface area contributed by atoms with Crippen LogP contribution in [0.25, 0.3) is 0 Å². The number of rotatable bonds is 0. The molecule has 1 aromatic carbocycles. The Kier molecular flexibility index (Phi) is 3.33. The predicted molar refractivity (Wildman–Crippen MR) is 36.7 cm³/mol. The number of aromatic hydroxyl groups is 1. The van der Waals surface area contributed by atoms with Crippen molar-refractivity contribution in [1.82, 2.24) is 0 Å². The van der Waals surface area contributed by atoms with Gasteiger partial charge in [0, 0.05) is 0 Å². The third kappa shape index (κ3) is 2.01. The molecule has 0 amide bonds. The zero-order valence-corrected chi connectivity index (χ0v) is 6.43. The number of benzene rings is 1. The van der Waals surface area contributed by atoms with Crippen molar-refractivity contribution >= 4 is 17.1 Å². The van der Waals surface area contributed by atoms with Gasteiger partial charge in [0.1, 0.15) is 5.75 Å². The maximum atomic E-state index is 8.63. The Hall–Kier alpha value is -0.461. The molecule has 1 N–H and O–H groups in total. The van der Waals surface area contributed by atoms with Gasteiger partial charge in [0.2, 0.25) is 0 Å². The van der Waals surface area contributed by atoms with Crippen LogP contribution in [0.5, 0.6) is 5.75 Å². The molecule has 8 heavy (non-hydrogen) atoms. The standard InChI is InChI=1S/C6H6O.H2Se/c7-6-4-2-1-3-5-6;/h1-5,7H;1H2. The third-order valence-electron chi connectivity index (χ3n) is 0.756.